The number of hydrogen-bond donors (Lipinski definition) is 1. The Labute approximate surface area is 109 Å². The zero-order chi connectivity index (χ0) is 12.4. The van der Waals surface area contributed by atoms with E-state index in [4.69, 9.17) is 39.3 Å². The van der Waals surface area contributed by atoms with Crippen molar-refractivity contribution < 1.29 is 14.0 Å². The van der Waals surface area contributed by atoms with Crippen LogP contribution >= 0.6 is 42.4 Å². The average molecular weight is 304 g/mol. The van der Waals surface area contributed by atoms with Crippen molar-refractivity contribution in [1.29, 1.82) is 0 Å². The van der Waals surface area contributed by atoms with Crippen molar-refractivity contribution in [2.24, 2.45) is 0 Å². The van der Waals surface area contributed by atoms with Gasteiger partial charge >= 0.3 is 7.60 Å². The molecule has 0 saturated heterocycles. The molecule has 0 aliphatic rings. The molecule has 0 spiro atoms. The zero-order valence-corrected chi connectivity index (χ0v) is 11.5. The van der Waals surface area contributed by atoms with E-state index in [0.717, 1.165) is 6.66 Å². The summed E-state index contributed by atoms with van der Waals surface area (Å²) in [6.45, 7) is 1.04. The van der Waals surface area contributed by atoms with Gasteiger partial charge in [-0.25, -0.2) is 0 Å². The molecule has 0 aromatic heterocycles. The second kappa shape index (κ2) is 5.26. The molecule has 0 fully saturated rings. The topological polar surface area (TPSA) is 46.5 Å². The number of benzene rings is 1. The molecule has 0 radical (unpaired) electrons. The van der Waals surface area contributed by atoms with Gasteiger partial charge in [-0.15, -0.1) is 0 Å². The third kappa shape index (κ3) is 4.62. The van der Waals surface area contributed by atoms with E-state index in [0.29, 0.717) is 5.56 Å². The molecule has 1 aromatic rings. The van der Waals surface area contributed by atoms with Crippen molar-refractivity contribution in [3.05, 3.63) is 35.9 Å². The van der Waals surface area contributed by atoms with Crippen LogP contribution in [0.3, 0.4) is 0 Å². The van der Waals surface area contributed by atoms with Crippen LogP contribution in [0.4, 0.5) is 0 Å². The normalized spacial score (nSPS) is 17.8. The highest BCUT2D eigenvalue weighted by Gasteiger charge is 2.38. The predicted octanol–water partition coefficient (Wildman–Crippen LogP) is 3.93. The highest BCUT2D eigenvalue weighted by atomic mass is 35.6. The zero-order valence-electron chi connectivity index (χ0n) is 8.31. The number of hydrogen-bond acceptors (Lipinski definition) is 2. The van der Waals surface area contributed by atoms with Gasteiger partial charge in [-0.1, -0.05) is 65.1 Å². The summed E-state index contributed by atoms with van der Waals surface area (Å²) < 4.78 is 14.3. The molecule has 90 valence electrons. The average Bonchev–Trinajstić information content (AvgIpc) is 2.13. The number of alkyl halides is 3. The smallest absolute Gasteiger partial charge is 0.324 e. The van der Waals surface area contributed by atoms with E-state index in [9.17, 15) is 9.46 Å². The molecule has 3 nitrogen and oxygen atoms in total. The van der Waals surface area contributed by atoms with Crippen molar-refractivity contribution in [1.82, 2.24) is 0 Å². The van der Waals surface area contributed by atoms with Crippen LogP contribution in [-0.2, 0) is 9.09 Å². The van der Waals surface area contributed by atoms with Crippen LogP contribution in [0.15, 0.2) is 30.3 Å². The molecule has 0 amide bonds. The van der Waals surface area contributed by atoms with Gasteiger partial charge in [-0.3, -0.25) is 9.09 Å². The molecule has 0 saturated carbocycles. The Bertz CT molecular complexity index is 385. The molecule has 2 atom stereocenters. The molecule has 16 heavy (non-hydrogen) atoms. The van der Waals surface area contributed by atoms with Crippen LogP contribution in [0.5, 0.6) is 0 Å². The maximum atomic E-state index is 11.2. The fraction of sp³-hybridized carbons (Fsp3) is 0.333. The molecule has 0 heterocycles. The second-order valence-corrected chi connectivity index (χ2v) is 7.43. The Balaban J connectivity index is 3.03. The minimum absolute atomic E-state index is 0.527. The molecular weight excluding hydrogens is 293 g/mol. The van der Waals surface area contributed by atoms with Crippen LogP contribution in [-0.4, -0.2) is 15.4 Å². The summed E-state index contributed by atoms with van der Waals surface area (Å²) in [5.41, 5.74) is 0.527. The number of rotatable bonds is 3. The first-order valence-electron chi connectivity index (χ1n) is 4.30. The van der Waals surface area contributed by atoms with E-state index < -0.39 is 17.5 Å². The van der Waals surface area contributed by atoms with E-state index in [-0.39, 0.29) is 0 Å². The van der Waals surface area contributed by atoms with Crippen molar-refractivity contribution in [3.63, 3.8) is 0 Å². The lowest BCUT2D eigenvalue weighted by molar-refractivity contribution is 0.182. The lowest BCUT2D eigenvalue weighted by atomic mass is 10.1. The van der Waals surface area contributed by atoms with E-state index in [1.165, 1.54) is 0 Å². The predicted molar refractivity (Wildman–Crippen MR) is 66.3 cm³/mol. The van der Waals surface area contributed by atoms with Gasteiger partial charge in [0, 0.05) is 6.66 Å². The maximum absolute atomic E-state index is 11.2. The van der Waals surface area contributed by atoms with Crippen molar-refractivity contribution in [2.75, 3.05) is 6.66 Å². The summed E-state index contributed by atoms with van der Waals surface area (Å²) in [4.78, 5) is 9.17. The molecule has 1 aromatic carbocycles. The standard InChI is InChI=1S/C9H10Cl3O3P/c1-16(13,14)15-8(9(10,11)12)7-5-3-2-4-6-7/h2-6,8H,1H3,(H,13,14)/t8-/m0/s1. The van der Waals surface area contributed by atoms with Gasteiger partial charge in [0.1, 0.15) is 6.10 Å². The molecule has 7 heteroatoms. The summed E-state index contributed by atoms with van der Waals surface area (Å²) in [5, 5.41) is 0. The second-order valence-electron chi connectivity index (χ2n) is 3.24. The molecule has 1 rings (SSSR count). The highest BCUT2D eigenvalue weighted by Crippen LogP contribution is 2.51. The quantitative estimate of drug-likeness (QED) is 0.680. The highest BCUT2D eigenvalue weighted by molar-refractivity contribution is 7.51. The molecular formula is C9H10Cl3O3P. The van der Waals surface area contributed by atoms with E-state index in [2.05, 4.69) is 0 Å². The summed E-state index contributed by atoms with van der Waals surface area (Å²) in [5.74, 6) is 0. The van der Waals surface area contributed by atoms with Gasteiger partial charge in [0.15, 0.2) is 0 Å². The minimum atomic E-state index is -3.74. The summed E-state index contributed by atoms with van der Waals surface area (Å²) in [6, 6.07) is 8.54. The van der Waals surface area contributed by atoms with E-state index in [1.54, 1.807) is 30.3 Å². The Hall–Kier alpha value is 0.240. The SMILES string of the molecule is CP(=O)(O)O[C@@H](c1ccccc1)C(Cl)(Cl)Cl. The first kappa shape index (κ1) is 14.3. The van der Waals surface area contributed by atoms with Gasteiger partial charge in [0.2, 0.25) is 3.79 Å². The van der Waals surface area contributed by atoms with Crippen LogP contribution < -0.4 is 0 Å². The number of halogens is 3. The van der Waals surface area contributed by atoms with Crippen LogP contribution in [0.1, 0.15) is 11.7 Å². The summed E-state index contributed by atoms with van der Waals surface area (Å²) in [7, 11) is -3.74. The molecule has 0 aliphatic heterocycles. The third-order valence-corrected chi connectivity index (χ3v) is 2.90. The van der Waals surface area contributed by atoms with Crippen LogP contribution in [0.2, 0.25) is 0 Å². The van der Waals surface area contributed by atoms with Crippen molar-refractivity contribution in [2.45, 2.75) is 9.90 Å². The van der Waals surface area contributed by atoms with E-state index >= 15 is 0 Å². The van der Waals surface area contributed by atoms with Crippen LogP contribution in [0, 0.1) is 0 Å². The van der Waals surface area contributed by atoms with Gasteiger partial charge in [-0.2, -0.15) is 0 Å². The first-order chi connectivity index (χ1) is 7.20. The fourth-order valence-electron chi connectivity index (χ4n) is 1.13. The lowest BCUT2D eigenvalue weighted by Gasteiger charge is -2.25. The Morgan fingerprint density at radius 2 is 1.81 bits per heavy atom. The Morgan fingerprint density at radius 1 is 1.31 bits per heavy atom. The molecule has 0 bridgehead atoms. The summed E-state index contributed by atoms with van der Waals surface area (Å²) in [6.07, 6.45) is -1.08. The third-order valence-electron chi connectivity index (χ3n) is 1.70. The van der Waals surface area contributed by atoms with Gasteiger partial charge in [0.25, 0.3) is 0 Å². The fourth-order valence-corrected chi connectivity index (χ4v) is 2.50. The Morgan fingerprint density at radius 3 is 2.19 bits per heavy atom. The van der Waals surface area contributed by atoms with E-state index in [1.807, 2.05) is 0 Å². The minimum Gasteiger partial charge on any atom is -0.324 e. The van der Waals surface area contributed by atoms with Gasteiger partial charge in [-0.05, 0) is 5.56 Å². The van der Waals surface area contributed by atoms with Crippen LogP contribution in [0.25, 0.3) is 0 Å². The van der Waals surface area contributed by atoms with Gasteiger partial charge < -0.3 is 4.89 Å². The molecule has 1 N–H and O–H groups in total. The lowest BCUT2D eigenvalue weighted by Crippen LogP contribution is -2.19. The molecule has 1 unspecified atom stereocenters. The first-order valence-corrected chi connectivity index (χ1v) is 7.46. The molecule has 0 aliphatic carbocycles. The largest absolute Gasteiger partial charge is 0.325 e. The summed E-state index contributed by atoms with van der Waals surface area (Å²) >= 11 is 17.1. The maximum Gasteiger partial charge on any atom is 0.325 e. The van der Waals surface area contributed by atoms with Crippen molar-refractivity contribution in [3.8, 4) is 0 Å². The monoisotopic (exact) mass is 302 g/mol. The van der Waals surface area contributed by atoms with Crippen molar-refractivity contribution >= 4 is 42.4 Å². The van der Waals surface area contributed by atoms with Gasteiger partial charge in [0.05, 0.1) is 0 Å². The Kier molecular flexibility index (Phi) is 4.70.